The smallest absolute Gasteiger partial charge is 0.137 e. The third-order valence-electron chi connectivity index (χ3n) is 2.15. The van der Waals surface area contributed by atoms with E-state index in [-0.39, 0.29) is 0 Å². The fourth-order valence-corrected chi connectivity index (χ4v) is 1.39. The van der Waals surface area contributed by atoms with E-state index in [9.17, 15) is 0 Å². The van der Waals surface area contributed by atoms with Crippen LogP contribution >= 0.6 is 0 Å². The highest BCUT2D eigenvalue weighted by atomic mass is 16.5. The summed E-state index contributed by atoms with van der Waals surface area (Å²) in [5.41, 5.74) is 2.17. The van der Waals surface area contributed by atoms with E-state index in [0.29, 0.717) is 0 Å². The Kier molecular flexibility index (Phi) is 1.93. The molecule has 3 nitrogen and oxygen atoms in total. The van der Waals surface area contributed by atoms with Crippen LogP contribution in [0.4, 0.5) is 0 Å². The molecule has 0 N–H and O–H groups in total. The number of rotatable bonds is 2. The van der Waals surface area contributed by atoms with Crippen molar-refractivity contribution in [1.29, 1.82) is 0 Å². The fraction of sp³-hybridized carbons (Fsp3) is 0.300. The minimum absolute atomic E-state index is 0.861. The minimum Gasteiger partial charge on any atom is -0.495 e. The molecule has 0 spiro atoms. The quantitative estimate of drug-likeness (QED) is 0.698. The van der Waals surface area contributed by atoms with Gasteiger partial charge >= 0.3 is 0 Å². The molecule has 2 rings (SSSR count). The van der Waals surface area contributed by atoms with Crippen LogP contribution < -0.4 is 4.74 Å². The van der Waals surface area contributed by atoms with Crippen LogP contribution in [0.15, 0.2) is 24.5 Å². The number of nitrogens with zero attached hydrogens (tertiary/aromatic N) is 2. The van der Waals surface area contributed by atoms with Gasteiger partial charge in [-0.3, -0.25) is 0 Å². The second-order valence-electron chi connectivity index (χ2n) is 2.90. The van der Waals surface area contributed by atoms with E-state index in [2.05, 4.69) is 16.3 Å². The molecule has 2 heterocycles. The van der Waals surface area contributed by atoms with Crippen molar-refractivity contribution in [3.05, 3.63) is 30.2 Å². The summed E-state index contributed by atoms with van der Waals surface area (Å²) < 4.78 is 7.20. The summed E-state index contributed by atoms with van der Waals surface area (Å²) in [6, 6.07) is 3.87. The van der Waals surface area contributed by atoms with E-state index >= 15 is 0 Å². The molecule has 0 aliphatic carbocycles. The van der Waals surface area contributed by atoms with Gasteiger partial charge in [-0.25, -0.2) is 4.98 Å². The standard InChI is InChI=1S/C10H12N2O/c1-3-8-6-11-10-5-4-9(13-2)7-12(8)10/h4-7H,3H2,1-2H3. The Morgan fingerprint density at radius 2 is 2.31 bits per heavy atom. The van der Waals surface area contributed by atoms with Gasteiger partial charge in [0.15, 0.2) is 0 Å². The second kappa shape index (κ2) is 3.09. The van der Waals surface area contributed by atoms with Crippen LogP contribution in [0, 0.1) is 0 Å². The highest BCUT2D eigenvalue weighted by molar-refractivity contribution is 5.43. The van der Waals surface area contributed by atoms with Crippen molar-refractivity contribution in [2.24, 2.45) is 0 Å². The Morgan fingerprint density at radius 3 is 3.00 bits per heavy atom. The van der Waals surface area contributed by atoms with Crippen molar-refractivity contribution in [1.82, 2.24) is 9.38 Å². The largest absolute Gasteiger partial charge is 0.495 e. The summed E-state index contributed by atoms with van der Waals surface area (Å²) in [7, 11) is 1.67. The van der Waals surface area contributed by atoms with E-state index in [1.807, 2.05) is 24.5 Å². The van der Waals surface area contributed by atoms with Gasteiger partial charge in [0.25, 0.3) is 0 Å². The number of hydrogen-bond donors (Lipinski definition) is 0. The molecule has 0 aromatic carbocycles. The van der Waals surface area contributed by atoms with Crippen LogP contribution in [-0.2, 0) is 6.42 Å². The summed E-state index contributed by atoms with van der Waals surface area (Å²) in [5, 5.41) is 0. The van der Waals surface area contributed by atoms with Crippen LogP contribution in [0.3, 0.4) is 0 Å². The molecule has 0 bridgehead atoms. The first kappa shape index (κ1) is 8.10. The van der Waals surface area contributed by atoms with Crippen LogP contribution in [0.5, 0.6) is 5.75 Å². The lowest BCUT2D eigenvalue weighted by atomic mass is 10.3. The Hall–Kier alpha value is -1.51. The number of aromatic nitrogens is 2. The van der Waals surface area contributed by atoms with E-state index in [1.165, 1.54) is 5.69 Å². The number of fused-ring (bicyclic) bond motifs is 1. The van der Waals surface area contributed by atoms with Crippen LogP contribution in [-0.4, -0.2) is 16.5 Å². The first-order valence-corrected chi connectivity index (χ1v) is 4.35. The molecule has 2 aromatic rings. The number of hydrogen-bond acceptors (Lipinski definition) is 2. The van der Waals surface area contributed by atoms with E-state index in [1.54, 1.807) is 7.11 Å². The van der Waals surface area contributed by atoms with Gasteiger partial charge in [0.05, 0.1) is 13.3 Å². The molecule has 68 valence electrons. The fourth-order valence-electron chi connectivity index (χ4n) is 1.39. The van der Waals surface area contributed by atoms with Crippen LogP contribution in [0.1, 0.15) is 12.6 Å². The van der Waals surface area contributed by atoms with Crippen molar-refractivity contribution >= 4 is 5.65 Å². The summed E-state index contributed by atoms with van der Waals surface area (Å²) in [6.07, 6.45) is 4.84. The van der Waals surface area contributed by atoms with Crippen molar-refractivity contribution in [3.8, 4) is 5.75 Å². The predicted octanol–water partition coefficient (Wildman–Crippen LogP) is 1.91. The van der Waals surface area contributed by atoms with E-state index in [4.69, 9.17) is 4.74 Å². The lowest BCUT2D eigenvalue weighted by Gasteiger charge is -2.02. The van der Waals surface area contributed by atoms with Crippen molar-refractivity contribution in [2.45, 2.75) is 13.3 Å². The Bertz CT molecular complexity index is 420. The summed E-state index contributed by atoms with van der Waals surface area (Å²) >= 11 is 0. The number of aryl methyl sites for hydroxylation is 1. The number of ether oxygens (including phenoxy) is 1. The Balaban J connectivity index is 2.64. The molecule has 0 radical (unpaired) electrons. The maximum atomic E-state index is 5.14. The highest BCUT2D eigenvalue weighted by Gasteiger charge is 2.01. The molecular weight excluding hydrogens is 164 g/mol. The zero-order chi connectivity index (χ0) is 9.26. The van der Waals surface area contributed by atoms with Gasteiger partial charge in [-0.15, -0.1) is 0 Å². The van der Waals surface area contributed by atoms with E-state index in [0.717, 1.165) is 17.8 Å². The van der Waals surface area contributed by atoms with E-state index < -0.39 is 0 Å². The van der Waals surface area contributed by atoms with Gasteiger partial charge in [-0.05, 0) is 18.6 Å². The summed E-state index contributed by atoms with van der Waals surface area (Å²) in [4.78, 5) is 4.27. The zero-order valence-corrected chi connectivity index (χ0v) is 7.82. The topological polar surface area (TPSA) is 26.5 Å². The third kappa shape index (κ3) is 1.26. The number of imidazole rings is 1. The van der Waals surface area contributed by atoms with Gasteiger partial charge in [0.2, 0.25) is 0 Å². The predicted molar refractivity (Wildman–Crippen MR) is 51.1 cm³/mol. The molecule has 2 aromatic heterocycles. The maximum Gasteiger partial charge on any atom is 0.137 e. The molecule has 0 unspecified atom stereocenters. The average molecular weight is 176 g/mol. The molecule has 0 aliphatic rings. The van der Waals surface area contributed by atoms with Gasteiger partial charge in [0.1, 0.15) is 11.4 Å². The van der Waals surface area contributed by atoms with Gasteiger partial charge in [-0.1, -0.05) is 6.92 Å². The van der Waals surface area contributed by atoms with Gasteiger partial charge in [-0.2, -0.15) is 0 Å². The third-order valence-corrected chi connectivity index (χ3v) is 2.15. The molecule has 3 heteroatoms. The lowest BCUT2D eigenvalue weighted by molar-refractivity contribution is 0.412. The number of methoxy groups -OCH3 is 1. The monoisotopic (exact) mass is 176 g/mol. The average Bonchev–Trinajstić information content (AvgIpc) is 2.59. The van der Waals surface area contributed by atoms with Crippen molar-refractivity contribution < 1.29 is 4.74 Å². The van der Waals surface area contributed by atoms with Crippen LogP contribution in [0.25, 0.3) is 5.65 Å². The Labute approximate surface area is 77.0 Å². The molecule has 13 heavy (non-hydrogen) atoms. The van der Waals surface area contributed by atoms with Crippen molar-refractivity contribution in [3.63, 3.8) is 0 Å². The Morgan fingerprint density at radius 1 is 1.46 bits per heavy atom. The van der Waals surface area contributed by atoms with Gasteiger partial charge < -0.3 is 9.14 Å². The highest BCUT2D eigenvalue weighted by Crippen LogP contribution is 2.14. The second-order valence-corrected chi connectivity index (χ2v) is 2.90. The van der Waals surface area contributed by atoms with Crippen molar-refractivity contribution in [2.75, 3.05) is 7.11 Å². The maximum absolute atomic E-state index is 5.14. The molecule has 0 fully saturated rings. The summed E-state index contributed by atoms with van der Waals surface area (Å²) in [5.74, 6) is 0.861. The molecule has 0 saturated heterocycles. The molecule has 0 amide bonds. The molecular formula is C10H12N2O. The normalized spacial score (nSPS) is 10.6. The first-order valence-electron chi connectivity index (χ1n) is 4.35. The lowest BCUT2D eigenvalue weighted by Crippen LogP contribution is -1.92. The van der Waals surface area contributed by atoms with Gasteiger partial charge in [0, 0.05) is 11.9 Å². The number of pyridine rings is 1. The molecule has 0 saturated carbocycles. The minimum atomic E-state index is 0.861. The zero-order valence-electron chi connectivity index (χ0n) is 7.82. The molecule has 0 atom stereocenters. The summed E-state index contributed by atoms with van der Waals surface area (Å²) in [6.45, 7) is 2.11. The van der Waals surface area contributed by atoms with Crippen LogP contribution in [0.2, 0.25) is 0 Å². The molecule has 0 aliphatic heterocycles. The SMILES string of the molecule is CCc1cnc2ccc(OC)cn12. The first-order chi connectivity index (χ1) is 6.35.